The number of hydrogen-bond donors (Lipinski definition) is 6. The third-order valence-electron chi connectivity index (χ3n) is 5.84. The summed E-state index contributed by atoms with van der Waals surface area (Å²) >= 11 is 0. The molecular weight excluding hydrogens is 462 g/mol. The molecule has 0 bridgehead atoms. The van der Waals surface area contributed by atoms with Crippen molar-refractivity contribution in [3.63, 3.8) is 0 Å². The molecule has 0 saturated carbocycles. The third kappa shape index (κ3) is 11.2. The molecule has 0 aliphatic rings. The summed E-state index contributed by atoms with van der Waals surface area (Å²) in [6.07, 6.45) is 1.91. The molecule has 8 N–H and O–H groups in total. The molecule has 0 fully saturated rings. The van der Waals surface area contributed by atoms with Crippen LogP contribution in [0.4, 0.5) is 0 Å². The summed E-state index contributed by atoms with van der Waals surface area (Å²) in [7, 11) is 0. The van der Waals surface area contributed by atoms with Crippen LogP contribution in [0, 0.1) is 11.8 Å². The van der Waals surface area contributed by atoms with Crippen molar-refractivity contribution in [1.29, 1.82) is 0 Å². The van der Waals surface area contributed by atoms with Gasteiger partial charge < -0.3 is 32.5 Å². The molecule has 1 rings (SSSR count). The second-order valence-corrected chi connectivity index (χ2v) is 9.90. The maximum Gasteiger partial charge on any atom is 0.326 e. The number of benzene rings is 1. The summed E-state index contributed by atoms with van der Waals surface area (Å²) in [4.78, 5) is 50.7. The Labute approximate surface area is 213 Å². The van der Waals surface area contributed by atoms with Crippen molar-refractivity contribution >= 4 is 23.7 Å². The zero-order valence-electron chi connectivity index (χ0n) is 21.8. The Balaban J connectivity index is 3.10. The summed E-state index contributed by atoms with van der Waals surface area (Å²) in [5.74, 6) is -2.77. The van der Waals surface area contributed by atoms with Gasteiger partial charge in [-0.2, -0.15) is 0 Å². The average molecular weight is 506 g/mol. The van der Waals surface area contributed by atoms with E-state index in [2.05, 4.69) is 16.0 Å². The fourth-order valence-corrected chi connectivity index (χ4v) is 3.63. The standard InChI is InChI=1S/C26H43N5O5/c1-16(2)14-20(31-25(34)22(28)17(3)4)23(32)30-21(15-18-10-6-5-7-11-18)24(33)29-19(26(35)36)12-8-9-13-27/h5-7,10-11,16-17,19-22H,8-9,12-15,27-28H2,1-4H3,(H,29,33)(H,30,32)(H,31,34)(H,35,36). The van der Waals surface area contributed by atoms with Crippen LogP contribution in [0.15, 0.2) is 30.3 Å². The normalized spacial score (nSPS) is 14.6. The molecule has 1 aromatic rings. The van der Waals surface area contributed by atoms with Gasteiger partial charge in [0.25, 0.3) is 0 Å². The zero-order chi connectivity index (χ0) is 27.3. The Morgan fingerprint density at radius 3 is 1.92 bits per heavy atom. The number of aliphatic carboxylic acids is 1. The first-order valence-corrected chi connectivity index (χ1v) is 12.6. The molecule has 0 heterocycles. The van der Waals surface area contributed by atoms with E-state index in [1.807, 2.05) is 58.0 Å². The van der Waals surface area contributed by atoms with Crippen LogP contribution >= 0.6 is 0 Å². The van der Waals surface area contributed by atoms with Gasteiger partial charge in [-0.15, -0.1) is 0 Å². The Kier molecular flexibility index (Phi) is 13.7. The van der Waals surface area contributed by atoms with Gasteiger partial charge in [0.15, 0.2) is 0 Å². The number of nitrogens with two attached hydrogens (primary N) is 2. The van der Waals surface area contributed by atoms with Gasteiger partial charge in [-0.3, -0.25) is 14.4 Å². The van der Waals surface area contributed by atoms with E-state index in [0.29, 0.717) is 25.8 Å². The van der Waals surface area contributed by atoms with Gasteiger partial charge in [0.05, 0.1) is 6.04 Å². The average Bonchev–Trinajstić information content (AvgIpc) is 2.82. The molecule has 0 spiro atoms. The lowest BCUT2D eigenvalue weighted by molar-refractivity contribution is -0.142. The Morgan fingerprint density at radius 1 is 0.833 bits per heavy atom. The molecule has 0 saturated heterocycles. The minimum absolute atomic E-state index is 0.0802. The molecule has 0 radical (unpaired) electrons. The van der Waals surface area contributed by atoms with Crippen LogP contribution in [0.25, 0.3) is 0 Å². The number of carboxylic acids is 1. The third-order valence-corrected chi connectivity index (χ3v) is 5.84. The van der Waals surface area contributed by atoms with Crippen LogP contribution in [-0.4, -0.2) is 59.5 Å². The maximum atomic E-state index is 13.3. The Morgan fingerprint density at radius 2 is 1.39 bits per heavy atom. The smallest absolute Gasteiger partial charge is 0.326 e. The van der Waals surface area contributed by atoms with Crippen molar-refractivity contribution < 1.29 is 24.3 Å². The van der Waals surface area contributed by atoms with Crippen molar-refractivity contribution in [2.45, 2.75) is 84.0 Å². The molecule has 36 heavy (non-hydrogen) atoms. The van der Waals surface area contributed by atoms with Gasteiger partial charge in [0, 0.05) is 6.42 Å². The quantitative estimate of drug-likeness (QED) is 0.181. The van der Waals surface area contributed by atoms with Crippen molar-refractivity contribution in [2.75, 3.05) is 6.54 Å². The largest absolute Gasteiger partial charge is 0.480 e. The van der Waals surface area contributed by atoms with E-state index < -0.39 is 47.9 Å². The minimum atomic E-state index is -1.15. The summed E-state index contributed by atoms with van der Waals surface area (Å²) in [6.45, 7) is 7.89. The molecular formula is C26H43N5O5. The van der Waals surface area contributed by atoms with Crippen LogP contribution in [-0.2, 0) is 25.6 Å². The molecule has 10 heteroatoms. The molecule has 0 aliphatic heterocycles. The van der Waals surface area contributed by atoms with Crippen molar-refractivity contribution in [2.24, 2.45) is 23.3 Å². The van der Waals surface area contributed by atoms with Crippen molar-refractivity contribution in [3.8, 4) is 0 Å². The number of unbranched alkanes of at least 4 members (excludes halogenated alkanes) is 1. The van der Waals surface area contributed by atoms with E-state index >= 15 is 0 Å². The fraction of sp³-hybridized carbons (Fsp3) is 0.615. The van der Waals surface area contributed by atoms with Crippen LogP contribution < -0.4 is 27.4 Å². The SMILES string of the molecule is CC(C)CC(NC(=O)C(N)C(C)C)C(=O)NC(Cc1ccccc1)C(=O)NC(CCCCN)C(=O)O. The van der Waals surface area contributed by atoms with E-state index in [4.69, 9.17) is 11.5 Å². The predicted octanol–water partition coefficient (Wildman–Crippen LogP) is 0.927. The Hall–Kier alpha value is -2.98. The fourth-order valence-electron chi connectivity index (χ4n) is 3.63. The maximum absolute atomic E-state index is 13.3. The number of hydrogen-bond acceptors (Lipinski definition) is 6. The number of carbonyl (C=O) groups is 4. The number of nitrogens with one attached hydrogen (secondary N) is 3. The number of amides is 3. The van der Waals surface area contributed by atoms with Gasteiger partial charge in [0.2, 0.25) is 17.7 Å². The first-order chi connectivity index (χ1) is 17.0. The van der Waals surface area contributed by atoms with Gasteiger partial charge in [0.1, 0.15) is 18.1 Å². The molecule has 4 atom stereocenters. The first-order valence-electron chi connectivity index (χ1n) is 12.6. The molecule has 202 valence electrons. The molecule has 4 unspecified atom stereocenters. The van der Waals surface area contributed by atoms with Crippen molar-refractivity contribution in [1.82, 2.24) is 16.0 Å². The first kappa shape index (κ1) is 31.1. The molecule has 10 nitrogen and oxygen atoms in total. The monoisotopic (exact) mass is 505 g/mol. The number of carbonyl (C=O) groups excluding carboxylic acids is 3. The number of rotatable bonds is 16. The van der Waals surface area contributed by atoms with E-state index in [1.165, 1.54) is 0 Å². The summed E-state index contributed by atoms with van der Waals surface area (Å²) in [5.41, 5.74) is 12.2. The zero-order valence-corrected chi connectivity index (χ0v) is 21.8. The highest BCUT2D eigenvalue weighted by Gasteiger charge is 2.31. The lowest BCUT2D eigenvalue weighted by Gasteiger charge is -2.26. The second-order valence-electron chi connectivity index (χ2n) is 9.90. The predicted molar refractivity (Wildman–Crippen MR) is 139 cm³/mol. The van der Waals surface area contributed by atoms with Crippen LogP contribution in [0.2, 0.25) is 0 Å². The number of carboxylic acid groups (broad SMARTS) is 1. The highest BCUT2D eigenvalue weighted by atomic mass is 16.4. The van der Waals surface area contributed by atoms with Crippen LogP contribution in [0.5, 0.6) is 0 Å². The lowest BCUT2D eigenvalue weighted by atomic mass is 9.99. The minimum Gasteiger partial charge on any atom is -0.480 e. The Bertz CT molecular complexity index is 846. The van der Waals surface area contributed by atoms with E-state index in [0.717, 1.165) is 5.56 Å². The highest BCUT2D eigenvalue weighted by Crippen LogP contribution is 2.10. The van der Waals surface area contributed by atoms with Gasteiger partial charge in [-0.25, -0.2) is 4.79 Å². The van der Waals surface area contributed by atoms with Crippen LogP contribution in [0.3, 0.4) is 0 Å². The van der Waals surface area contributed by atoms with Crippen LogP contribution in [0.1, 0.15) is 58.9 Å². The summed E-state index contributed by atoms with van der Waals surface area (Å²) in [5, 5.41) is 17.6. The van der Waals surface area contributed by atoms with Gasteiger partial charge >= 0.3 is 5.97 Å². The van der Waals surface area contributed by atoms with Crippen molar-refractivity contribution in [3.05, 3.63) is 35.9 Å². The highest BCUT2D eigenvalue weighted by molar-refractivity contribution is 5.94. The molecule has 0 aliphatic carbocycles. The topological polar surface area (TPSA) is 177 Å². The summed E-state index contributed by atoms with van der Waals surface area (Å²) < 4.78 is 0. The summed E-state index contributed by atoms with van der Waals surface area (Å²) in [6, 6.07) is 5.28. The van der Waals surface area contributed by atoms with E-state index in [1.54, 1.807) is 0 Å². The lowest BCUT2D eigenvalue weighted by Crippen LogP contribution is -2.58. The van der Waals surface area contributed by atoms with E-state index in [-0.39, 0.29) is 24.7 Å². The molecule has 0 aromatic heterocycles. The molecule has 3 amide bonds. The van der Waals surface area contributed by atoms with Gasteiger partial charge in [-0.1, -0.05) is 58.0 Å². The van der Waals surface area contributed by atoms with Gasteiger partial charge in [-0.05, 0) is 49.6 Å². The second kappa shape index (κ2) is 15.9. The van der Waals surface area contributed by atoms with E-state index in [9.17, 15) is 24.3 Å². The molecule has 1 aromatic carbocycles.